The van der Waals surface area contributed by atoms with Gasteiger partial charge in [-0.1, -0.05) is 12.0 Å². The van der Waals surface area contributed by atoms with Crippen LogP contribution in [0.15, 0.2) is 33.5 Å². The van der Waals surface area contributed by atoms with E-state index in [1.54, 1.807) is 6.92 Å². The molecule has 0 radical (unpaired) electrons. The van der Waals surface area contributed by atoms with Gasteiger partial charge in [0.15, 0.2) is 0 Å². The highest BCUT2D eigenvalue weighted by Crippen LogP contribution is 2.39. The molecule has 3 N–H and O–H groups in total. The first-order chi connectivity index (χ1) is 18.2. The second kappa shape index (κ2) is 9.34. The molecule has 194 valence electrons. The molecule has 4 aromatic rings. The predicted molar refractivity (Wildman–Crippen MR) is 141 cm³/mol. The Morgan fingerprint density at radius 2 is 2.05 bits per heavy atom. The normalized spacial score (nSPS) is 14.1. The molecule has 2 heterocycles. The van der Waals surface area contributed by atoms with E-state index < -0.39 is 17.0 Å². The quantitative estimate of drug-likeness (QED) is 0.328. The number of phenols is 1. The highest BCUT2D eigenvalue weighted by Gasteiger charge is 2.38. The summed E-state index contributed by atoms with van der Waals surface area (Å²) in [4.78, 5) is 33.9. The van der Waals surface area contributed by atoms with Crippen LogP contribution in [-0.2, 0) is 4.79 Å². The van der Waals surface area contributed by atoms with E-state index in [1.165, 1.54) is 38.3 Å². The average Bonchev–Trinajstić information content (AvgIpc) is 2.86. The number of aromatic hydroxyl groups is 1. The number of phenolic OH excluding ortho intramolecular Hbond substituents is 1. The lowest BCUT2D eigenvalue weighted by atomic mass is 9.76. The zero-order valence-corrected chi connectivity index (χ0v) is 21.1. The minimum atomic E-state index is -0.747. The monoisotopic (exact) mass is 516 g/mol. The molecule has 10 heteroatoms. The van der Waals surface area contributed by atoms with Crippen molar-refractivity contribution in [3.63, 3.8) is 0 Å². The van der Waals surface area contributed by atoms with Crippen LogP contribution >= 0.6 is 0 Å². The summed E-state index contributed by atoms with van der Waals surface area (Å²) in [7, 11) is 1.40. The third kappa shape index (κ3) is 4.16. The molecule has 1 saturated carbocycles. The standard InChI is InChI=1S/C28H25FN4O5/c1-5-18-20(29)8-7-16-11-17(35)12-19(21(16)18)24-14(2)23-22(26(36)38-24)25(32-27(31-23)37-4)30-13-28(9-6-10-28)33-15(3)34/h1,7-8,11-12,35H,6,9-10,13H2,2-4H3,(H,33,34)(H,30,31,32). The highest BCUT2D eigenvalue weighted by atomic mass is 19.1. The van der Waals surface area contributed by atoms with Crippen LogP contribution in [0.25, 0.3) is 33.0 Å². The summed E-state index contributed by atoms with van der Waals surface area (Å²) in [5, 5.41) is 17.4. The second-order valence-electron chi connectivity index (χ2n) is 9.45. The molecule has 9 nitrogen and oxygen atoms in total. The van der Waals surface area contributed by atoms with Crippen molar-refractivity contribution < 1.29 is 23.4 Å². The van der Waals surface area contributed by atoms with Crippen molar-refractivity contribution in [3.8, 4) is 35.4 Å². The molecule has 1 amide bonds. The van der Waals surface area contributed by atoms with E-state index in [4.69, 9.17) is 15.6 Å². The fraction of sp³-hybridized carbons (Fsp3) is 0.286. The molecule has 1 fully saturated rings. The number of terminal acetylenes is 1. The lowest BCUT2D eigenvalue weighted by molar-refractivity contribution is -0.121. The van der Waals surface area contributed by atoms with Gasteiger partial charge in [-0.25, -0.2) is 9.18 Å². The first-order valence-corrected chi connectivity index (χ1v) is 12.0. The number of methoxy groups -OCH3 is 1. The number of aryl methyl sites for hydroxylation is 1. The van der Waals surface area contributed by atoms with E-state index in [-0.39, 0.29) is 51.3 Å². The Kier molecular flexibility index (Phi) is 6.15. The maximum Gasteiger partial charge on any atom is 0.349 e. The van der Waals surface area contributed by atoms with Crippen LogP contribution in [0.3, 0.4) is 0 Å². The molecule has 38 heavy (non-hydrogen) atoms. The third-order valence-corrected chi connectivity index (χ3v) is 6.95. The van der Waals surface area contributed by atoms with E-state index in [1.807, 2.05) is 0 Å². The van der Waals surface area contributed by atoms with Gasteiger partial charge in [0, 0.05) is 30.0 Å². The Morgan fingerprint density at radius 3 is 2.68 bits per heavy atom. The molecule has 0 bridgehead atoms. The number of carbonyl (C=O) groups excluding carboxylic acids is 1. The van der Waals surface area contributed by atoms with Crippen molar-refractivity contribution in [1.29, 1.82) is 0 Å². The fourth-order valence-electron chi connectivity index (χ4n) is 5.03. The number of anilines is 1. The highest BCUT2D eigenvalue weighted by molar-refractivity contribution is 6.03. The van der Waals surface area contributed by atoms with Crippen LogP contribution in [0.1, 0.15) is 37.3 Å². The maximum absolute atomic E-state index is 14.6. The molecule has 2 aromatic heterocycles. The van der Waals surface area contributed by atoms with Crippen molar-refractivity contribution in [2.75, 3.05) is 19.0 Å². The van der Waals surface area contributed by atoms with Crippen molar-refractivity contribution >= 4 is 33.4 Å². The molecule has 0 saturated heterocycles. The summed E-state index contributed by atoms with van der Waals surface area (Å²) in [6, 6.07) is 5.53. The Balaban J connectivity index is 1.72. The summed E-state index contributed by atoms with van der Waals surface area (Å²) < 4.78 is 25.7. The van der Waals surface area contributed by atoms with Crippen LogP contribution in [0.2, 0.25) is 0 Å². The maximum atomic E-state index is 14.6. The van der Waals surface area contributed by atoms with E-state index in [0.29, 0.717) is 22.9 Å². The topological polar surface area (TPSA) is 127 Å². The van der Waals surface area contributed by atoms with Crippen molar-refractivity contribution in [2.24, 2.45) is 0 Å². The van der Waals surface area contributed by atoms with E-state index in [9.17, 15) is 19.1 Å². The van der Waals surface area contributed by atoms with Gasteiger partial charge in [-0.3, -0.25) is 4.79 Å². The van der Waals surface area contributed by atoms with Gasteiger partial charge in [-0.15, -0.1) is 6.42 Å². The molecule has 1 aliphatic carbocycles. The van der Waals surface area contributed by atoms with Gasteiger partial charge < -0.3 is 24.9 Å². The van der Waals surface area contributed by atoms with Crippen molar-refractivity contribution in [1.82, 2.24) is 15.3 Å². The van der Waals surface area contributed by atoms with Gasteiger partial charge in [0.1, 0.15) is 28.5 Å². The second-order valence-corrected chi connectivity index (χ2v) is 9.45. The number of hydrogen-bond donors (Lipinski definition) is 3. The number of benzene rings is 2. The number of fused-ring (bicyclic) bond motifs is 2. The van der Waals surface area contributed by atoms with E-state index in [0.717, 1.165) is 19.3 Å². The molecule has 0 aliphatic heterocycles. The predicted octanol–water partition coefficient (Wildman–Crippen LogP) is 4.02. The lowest BCUT2D eigenvalue weighted by Crippen LogP contribution is -2.57. The Morgan fingerprint density at radius 1 is 1.29 bits per heavy atom. The summed E-state index contributed by atoms with van der Waals surface area (Å²) >= 11 is 0. The Hall–Kier alpha value is -4.65. The summed E-state index contributed by atoms with van der Waals surface area (Å²) in [5.74, 6) is 1.76. The number of ether oxygens (including phenoxy) is 1. The number of rotatable bonds is 6. The Bertz CT molecular complexity index is 1720. The van der Waals surface area contributed by atoms with Crippen LogP contribution in [0.5, 0.6) is 11.8 Å². The average molecular weight is 517 g/mol. The summed E-state index contributed by atoms with van der Waals surface area (Å²) in [6.07, 6.45) is 8.16. The molecule has 1 aliphatic rings. The van der Waals surface area contributed by atoms with Gasteiger partial charge >= 0.3 is 11.6 Å². The lowest BCUT2D eigenvalue weighted by Gasteiger charge is -2.42. The third-order valence-electron chi connectivity index (χ3n) is 6.95. The minimum absolute atomic E-state index is 0.0120. The van der Waals surface area contributed by atoms with Crippen molar-refractivity contribution in [2.45, 2.75) is 38.6 Å². The number of nitrogens with zero attached hydrogens (tertiary/aromatic N) is 2. The van der Waals surface area contributed by atoms with Crippen LogP contribution in [0, 0.1) is 25.1 Å². The number of aromatic nitrogens is 2. The number of carbonyl (C=O) groups is 1. The molecule has 0 unspecified atom stereocenters. The number of hydrogen-bond acceptors (Lipinski definition) is 8. The van der Waals surface area contributed by atoms with E-state index >= 15 is 0 Å². The largest absolute Gasteiger partial charge is 0.508 e. The minimum Gasteiger partial charge on any atom is -0.508 e. The van der Waals surface area contributed by atoms with Gasteiger partial charge in [-0.2, -0.15) is 9.97 Å². The summed E-state index contributed by atoms with van der Waals surface area (Å²) in [6.45, 7) is 3.49. The Labute approximate surface area is 217 Å². The van der Waals surface area contributed by atoms with Gasteiger partial charge in [0.2, 0.25) is 5.91 Å². The molecule has 0 atom stereocenters. The first kappa shape index (κ1) is 25.0. The fourth-order valence-corrected chi connectivity index (χ4v) is 5.03. The van der Waals surface area contributed by atoms with Gasteiger partial charge in [-0.05, 0) is 49.8 Å². The first-order valence-electron chi connectivity index (χ1n) is 12.0. The molecular weight excluding hydrogens is 491 g/mol. The van der Waals surface area contributed by atoms with Crippen LogP contribution in [-0.4, -0.2) is 40.2 Å². The van der Waals surface area contributed by atoms with Gasteiger partial charge in [0.05, 0.1) is 23.7 Å². The molecule has 2 aromatic carbocycles. The molecule has 0 spiro atoms. The zero-order valence-electron chi connectivity index (χ0n) is 21.1. The number of halogens is 1. The van der Waals surface area contributed by atoms with Gasteiger partial charge in [0.25, 0.3) is 0 Å². The number of nitrogens with one attached hydrogen (secondary N) is 2. The smallest absolute Gasteiger partial charge is 0.349 e. The zero-order chi connectivity index (χ0) is 27.2. The van der Waals surface area contributed by atoms with Crippen LogP contribution in [0.4, 0.5) is 10.2 Å². The number of amides is 1. The van der Waals surface area contributed by atoms with Crippen LogP contribution < -0.4 is 21.0 Å². The molecular formula is C28H25FN4O5. The summed E-state index contributed by atoms with van der Waals surface area (Å²) in [5.41, 5.74) is -0.281. The SMILES string of the molecule is C#Cc1c(F)ccc2cc(O)cc(-c3oc(=O)c4c(NCC5(NC(C)=O)CCC5)nc(OC)nc4c3C)c12. The van der Waals surface area contributed by atoms with E-state index in [2.05, 4.69) is 26.5 Å². The molecule has 5 rings (SSSR count). The van der Waals surface area contributed by atoms with Crippen molar-refractivity contribution in [3.05, 3.63) is 51.6 Å².